The van der Waals surface area contributed by atoms with Crippen LogP contribution in [-0.4, -0.2) is 16.8 Å². The molecule has 0 bridgehead atoms. The highest BCUT2D eigenvalue weighted by molar-refractivity contribution is 9.10. The Bertz CT molecular complexity index is 1470. The molecule has 0 saturated carbocycles. The van der Waals surface area contributed by atoms with Crippen LogP contribution < -0.4 is 4.90 Å². The first-order valence-corrected chi connectivity index (χ1v) is 12.8. The van der Waals surface area contributed by atoms with Crippen LogP contribution >= 0.6 is 39.1 Å². The molecule has 4 nitrogen and oxygen atoms in total. The largest absolute Gasteiger partial charge is 0.375 e. The van der Waals surface area contributed by atoms with E-state index in [0.29, 0.717) is 36.9 Å². The number of Topliss-reactive ketones (excluding diaryl/α,β-unsaturated/α-hetero) is 1. The lowest BCUT2D eigenvalue weighted by Crippen LogP contribution is -2.41. The minimum absolute atomic E-state index is 0.131. The van der Waals surface area contributed by atoms with E-state index >= 15 is 0 Å². The fourth-order valence-corrected chi connectivity index (χ4v) is 5.31. The van der Waals surface area contributed by atoms with Gasteiger partial charge in [0.1, 0.15) is 0 Å². The van der Waals surface area contributed by atoms with Crippen molar-refractivity contribution in [1.29, 1.82) is 0 Å². The van der Waals surface area contributed by atoms with Gasteiger partial charge in [-0.2, -0.15) is 0 Å². The van der Waals surface area contributed by atoms with E-state index in [1.807, 2.05) is 42.5 Å². The van der Waals surface area contributed by atoms with E-state index in [2.05, 4.69) is 15.9 Å². The summed E-state index contributed by atoms with van der Waals surface area (Å²) in [5.41, 5.74) is 2.01. The van der Waals surface area contributed by atoms with Gasteiger partial charge in [0.15, 0.2) is 11.4 Å². The van der Waals surface area contributed by atoms with Crippen molar-refractivity contribution in [1.82, 2.24) is 0 Å². The molecule has 4 aromatic rings. The zero-order chi connectivity index (χ0) is 25.4. The topological polar surface area (TPSA) is 57.6 Å². The molecule has 0 saturated heterocycles. The van der Waals surface area contributed by atoms with Gasteiger partial charge in [-0.25, -0.2) is 0 Å². The van der Waals surface area contributed by atoms with Gasteiger partial charge in [-0.15, -0.1) is 0 Å². The molecule has 0 fully saturated rings. The molecule has 0 radical (unpaired) electrons. The molecule has 180 valence electrons. The first kappa shape index (κ1) is 24.7. The van der Waals surface area contributed by atoms with Gasteiger partial charge in [0.2, 0.25) is 0 Å². The van der Waals surface area contributed by atoms with Crippen LogP contribution in [0.4, 0.5) is 5.69 Å². The summed E-state index contributed by atoms with van der Waals surface area (Å²) in [7, 11) is 0. The Morgan fingerprint density at radius 3 is 2.28 bits per heavy atom. The number of carbonyl (C=O) groups excluding carboxylic acids is 2. The standard InChI is InChI=1S/C29H20BrCl2NO3/c30-22-11-13-26-24(14-22)29(36,28(35)33(26)17-21-10-12-23(31)15-25(21)32)16-27(34)20-8-6-19(7-9-20)18-4-2-1-3-5-18/h1-15,36H,16-17H2. The molecule has 36 heavy (non-hydrogen) atoms. The van der Waals surface area contributed by atoms with E-state index in [-0.39, 0.29) is 18.7 Å². The molecule has 0 aliphatic carbocycles. The molecule has 1 aliphatic heterocycles. The van der Waals surface area contributed by atoms with E-state index in [9.17, 15) is 14.7 Å². The second kappa shape index (κ2) is 9.83. The summed E-state index contributed by atoms with van der Waals surface area (Å²) in [6.07, 6.45) is -0.384. The maximum atomic E-state index is 13.6. The fraction of sp³-hybridized carbons (Fsp3) is 0.103. The molecule has 1 unspecified atom stereocenters. The Hall–Kier alpha value is -2.96. The number of fused-ring (bicyclic) bond motifs is 1. The summed E-state index contributed by atoms with van der Waals surface area (Å²) in [5.74, 6) is -0.904. The predicted molar refractivity (Wildman–Crippen MR) is 147 cm³/mol. The molecule has 1 aliphatic rings. The number of carbonyl (C=O) groups is 2. The number of anilines is 1. The van der Waals surface area contributed by atoms with E-state index in [4.69, 9.17) is 23.2 Å². The monoisotopic (exact) mass is 579 g/mol. The van der Waals surface area contributed by atoms with Gasteiger partial charge in [-0.05, 0) is 47.0 Å². The van der Waals surface area contributed by atoms with E-state index in [0.717, 1.165) is 11.1 Å². The minimum atomic E-state index is -2.01. The number of nitrogens with zero attached hydrogens (tertiary/aromatic N) is 1. The molecule has 7 heteroatoms. The van der Waals surface area contributed by atoms with Crippen LogP contribution in [0.2, 0.25) is 10.0 Å². The molecular formula is C29H20BrCl2NO3. The summed E-state index contributed by atoms with van der Waals surface area (Å²) < 4.78 is 0.693. The average molecular weight is 581 g/mol. The normalized spacial score (nSPS) is 16.8. The first-order valence-electron chi connectivity index (χ1n) is 11.2. The van der Waals surface area contributed by atoms with E-state index in [1.165, 1.54) is 4.90 Å². The lowest BCUT2D eigenvalue weighted by Gasteiger charge is -2.23. The predicted octanol–water partition coefficient (Wildman–Crippen LogP) is 7.43. The van der Waals surface area contributed by atoms with Gasteiger partial charge < -0.3 is 10.0 Å². The van der Waals surface area contributed by atoms with Crippen LogP contribution in [0.3, 0.4) is 0 Å². The zero-order valence-corrected chi connectivity index (χ0v) is 22.0. The van der Waals surface area contributed by atoms with E-state index in [1.54, 1.807) is 48.5 Å². The number of rotatable bonds is 6. The van der Waals surface area contributed by atoms with Crippen molar-refractivity contribution in [3.63, 3.8) is 0 Å². The lowest BCUT2D eigenvalue weighted by atomic mass is 9.88. The fourth-order valence-electron chi connectivity index (χ4n) is 4.48. The van der Waals surface area contributed by atoms with Gasteiger partial charge in [0.25, 0.3) is 5.91 Å². The van der Waals surface area contributed by atoms with Crippen LogP contribution in [0.25, 0.3) is 11.1 Å². The Kier molecular flexibility index (Phi) is 6.75. The van der Waals surface area contributed by atoms with Crippen molar-refractivity contribution in [3.05, 3.63) is 122 Å². The molecule has 4 aromatic carbocycles. The highest BCUT2D eigenvalue weighted by atomic mass is 79.9. The summed E-state index contributed by atoms with van der Waals surface area (Å²) in [6.45, 7) is 0.131. The molecule has 0 aromatic heterocycles. The van der Waals surface area contributed by atoms with Crippen LogP contribution in [0.1, 0.15) is 27.9 Å². The highest BCUT2D eigenvalue weighted by Gasteiger charge is 2.51. The molecule has 1 N–H and O–H groups in total. The SMILES string of the molecule is O=C(CC1(O)C(=O)N(Cc2ccc(Cl)cc2Cl)c2ccc(Br)cc21)c1ccc(-c2ccccc2)cc1. The van der Waals surface area contributed by atoms with Gasteiger partial charge in [0.05, 0.1) is 18.7 Å². The van der Waals surface area contributed by atoms with Crippen molar-refractivity contribution in [2.24, 2.45) is 0 Å². The lowest BCUT2D eigenvalue weighted by molar-refractivity contribution is -0.136. The average Bonchev–Trinajstić information content (AvgIpc) is 3.07. The van der Waals surface area contributed by atoms with Crippen molar-refractivity contribution >= 4 is 56.5 Å². The number of benzene rings is 4. The van der Waals surface area contributed by atoms with Crippen LogP contribution in [0.15, 0.2) is 95.5 Å². The number of hydrogen-bond donors (Lipinski definition) is 1. The Labute approximate surface area is 227 Å². The smallest absolute Gasteiger partial charge is 0.264 e. The third-order valence-electron chi connectivity index (χ3n) is 6.37. The first-order chi connectivity index (χ1) is 17.3. The maximum absolute atomic E-state index is 13.6. The number of aliphatic hydroxyl groups is 1. The number of hydrogen-bond acceptors (Lipinski definition) is 3. The second-order valence-electron chi connectivity index (χ2n) is 8.69. The number of amides is 1. The van der Waals surface area contributed by atoms with Gasteiger partial charge in [-0.1, -0.05) is 99.8 Å². The van der Waals surface area contributed by atoms with Crippen LogP contribution in [0, 0.1) is 0 Å². The third-order valence-corrected chi connectivity index (χ3v) is 7.45. The van der Waals surface area contributed by atoms with Gasteiger partial charge in [0, 0.05) is 25.6 Å². The van der Waals surface area contributed by atoms with Crippen molar-refractivity contribution in [2.45, 2.75) is 18.6 Å². The van der Waals surface area contributed by atoms with Crippen LogP contribution in [-0.2, 0) is 16.9 Å². The molecule has 0 spiro atoms. The minimum Gasteiger partial charge on any atom is -0.375 e. The molecule has 1 amide bonds. The van der Waals surface area contributed by atoms with Gasteiger partial charge >= 0.3 is 0 Å². The Morgan fingerprint density at radius 1 is 0.889 bits per heavy atom. The summed E-state index contributed by atoms with van der Waals surface area (Å²) in [5, 5.41) is 12.6. The number of halogens is 3. The van der Waals surface area contributed by atoms with E-state index < -0.39 is 11.5 Å². The summed E-state index contributed by atoms with van der Waals surface area (Å²) in [4.78, 5) is 28.4. The molecule has 5 rings (SSSR count). The van der Waals surface area contributed by atoms with Crippen LogP contribution in [0.5, 0.6) is 0 Å². The highest BCUT2D eigenvalue weighted by Crippen LogP contribution is 2.45. The van der Waals surface area contributed by atoms with Crippen molar-refractivity contribution in [2.75, 3.05) is 4.90 Å². The quantitative estimate of drug-likeness (QED) is 0.241. The third kappa shape index (κ3) is 4.60. The zero-order valence-electron chi connectivity index (χ0n) is 18.9. The summed E-state index contributed by atoms with van der Waals surface area (Å²) >= 11 is 15.8. The summed E-state index contributed by atoms with van der Waals surface area (Å²) in [6, 6.07) is 27.3. The number of ketones is 1. The van der Waals surface area contributed by atoms with Crippen molar-refractivity contribution < 1.29 is 14.7 Å². The van der Waals surface area contributed by atoms with Crippen molar-refractivity contribution in [3.8, 4) is 11.1 Å². The van der Waals surface area contributed by atoms with Gasteiger partial charge in [-0.3, -0.25) is 9.59 Å². The maximum Gasteiger partial charge on any atom is 0.264 e. The Morgan fingerprint density at radius 2 is 1.58 bits per heavy atom. The molecule has 1 heterocycles. The Balaban J connectivity index is 1.45. The molecular weight excluding hydrogens is 561 g/mol. The molecule has 1 atom stereocenters. The second-order valence-corrected chi connectivity index (χ2v) is 10.5.